The van der Waals surface area contributed by atoms with E-state index in [1.807, 2.05) is 30.3 Å². The molecule has 150 valence electrons. The van der Waals surface area contributed by atoms with Crippen LogP contribution >= 0.6 is 11.3 Å². The fraction of sp³-hybridized carbons (Fsp3) is 0.182. The van der Waals surface area contributed by atoms with Gasteiger partial charge in [-0.05, 0) is 36.2 Å². The van der Waals surface area contributed by atoms with Gasteiger partial charge in [0, 0.05) is 17.4 Å². The van der Waals surface area contributed by atoms with Gasteiger partial charge in [-0.2, -0.15) is 0 Å². The maximum Gasteiger partial charge on any atom is 0.341 e. The van der Waals surface area contributed by atoms with Crippen molar-refractivity contribution < 1.29 is 23.5 Å². The minimum absolute atomic E-state index is 0.223. The Bertz CT molecular complexity index is 970. The van der Waals surface area contributed by atoms with Crippen molar-refractivity contribution in [3.63, 3.8) is 0 Å². The van der Waals surface area contributed by atoms with Crippen LogP contribution in [0, 0.1) is 5.82 Å². The Hall–Kier alpha value is -3.19. The van der Waals surface area contributed by atoms with E-state index >= 15 is 0 Å². The largest absolute Gasteiger partial charge is 0.494 e. The average Bonchev–Trinajstić information content (AvgIpc) is 3.15. The van der Waals surface area contributed by atoms with E-state index in [1.165, 1.54) is 30.6 Å². The van der Waals surface area contributed by atoms with E-state index in [4.69, 9.17) is 9.47 Å². The molecule has 0 bridgehead atoms. The molecular weight excluding hydrogens is 393 g/mol. The molecule has 5 nitrogen and oxygen atoms in total. The number of carbonyl (C=O) groups is 2. The lowest BCUT2D eigenvalue weighted by atomic mass is 10.0. The Morgan fingerprint density at radius 2 is 1.79 bits per heavy atom. The van der Waals surface area contributed by atoms with E-state index in [-0.39, 0.29) is 23.7 Å². The van der Waals surface area contributed by atoms with E-state index < -0.39 is 5.97 Å². The molecule has 0 saturated heterocycles. The topological polar surface area (TPSA) is 64.6 Å². The summed E-state index contributed by atoms with van der Waals surface area (Å²) in [5.74, 6) is -0.398. The van der Waals surface area contributed by atoms with Gasteiger partial charge in [-0.25, -0.2) is 9.18 Å². The third-order valence-corrected chi connectivity index (χ3v) is 5.04. The van der Waals surface area contributed by atoms with Crippen LogP contribution in [0.4, 0.5) is 9.39 Å². The van der Waals surface area contributed by atoms with Crippen LogP contribution in [0.3, 0.4) is 0 Å². The van der Waals surface area contributed by atoms with Gasteiger partial charge >= 0.3 is 5.97 Å². The van der Waals surface area contributed by atoms with Gasteiger partial charge < -0.3 is 14.8 Å². The van der Waals surface area contributed by atoms with Crippen LogP contribution in [0.25, 0.3) is 11.1 Å². The van der Waals surface area contributed by atoms with Crippen molar-refractivity contribution in [1.29, 1.82) is 0 Å². The molecule has 7 heteroatoms. The molecule has 2 aromatic carbocycles. The smallest absolute Gasteiger partial charge is 0.341 e. The van der Waals surface area contributed by atoms with Crippen molar-refractivity contribution >= 4 is 28.2 Å². The zero-order chi connectivity index (χ0) is 20.6. The second kappa shape index (κ2) is 9.84. The average molecular weight is 413 g/mol. The summed E-state index contributed by atoms with van der Waals surface area (Å²) in [4.78, 5) is 24.6. The molecule has 0 radical (unpaired) electrons. The molecular formula is C22H20FNO4S. The zero-order valence-electron chi connectivity index (χ0n) is 15.8. The lowest BCUT2D eigenvalue weighted by Gasteiger charge is -2.08. The standard InChI is InChI=1S/C22H20FNO4S/c1-27-22(26)20-18(15-9-11-16(23)12-10-15)14-29-21(20)24-19(25)8-5-13-28-17-6-3-2-4-7-17/h2-4,6-7,9-12,14H,5,8,13H2,1H3,(H,24,25). The van der Waals surface area contributed by atoms with Crippen molar-refractivity contribution in [2.75, 3.05) is 19.0 Å². The Labute approximate surface area is 172 Å². The van der Waals surface area contributed by atoms with Crippen LogP contribution in [-0.4, -0.2) is 25.6 Å². The van der Waals surface area contributed by atoms with Crippen molar-refractivity contribution in [1.82, 2.24) is 0 Å². The summed E-state index contributed by atoms with van der Waals surface area (Å²) < 4.78 is 23.7. The number of thiophene rings is 1. The molecule has 1 aromatic heterocycles. The summed E-state index contributed by atoms with van der Waals surface area (Å²) in [5.41, 5.74) is 1.52. The van der Waals surface area contributed by atoms with Crippen LogP contribution in [-0.2, 0) is 9.53 Å². The molecule has 1 heterocycles. The van der Waals surface area contributed by atoms with E-state index in [0.717, 1.165) is 5.75 Å². The molecule has 1 N–H and O–H groups in total. The maximum atomic E-state index is 13.2. The third-order valence-electron chi connectivity index (χ3n) is 4.15. The summed E-state index contributed by atoms with van der Waals surface area (Å²) in [6.45, 7) is 0.409. The van der Waals surface area contributed by atoms with E-state index in [1.54, 1.807) is 17.5 Å². The van der Waals surface area contributed by atoms with Crippen molar-refractivity contribution in [3.05, 3.63) is 71.4 Å². The first-order valence-corrected chi connectivity index (χ1v) is 9.90. The lowest BCUT2D eigenvalue weighted by Crippen LogP contribution is -2.14. The lowest BCUT2D eigenvalue weighted by molar-refractivity contribution is -0.116. The molecule has 0 fully saturated rings. The van der Waals surface area contributed by atoms with Crippen LogP contribution in [0.2, 0.25) is 0 Å². The molecule has 3 aromatic rings. The third kappa shape index (κ3) is 5.42. The second-order valence-electron chi connectivity index (χ2n) is 6.17. The second-order valence-corrected chi connectivity index (χ2v) is 7.04. The fourth-order valence-corrected chi connectivity index (χ4v) is 3.70. The van der Waals surface area contributed by atoms with E-state index in [2.05, 4.69) is 5.32 Å². The van der Waals surface area contributed by atoms with Crippen LogP contribution in [0.15, 0.2) is 60.0 Å². The number of esters is 1. The van der Waals surface area contributed by atoms with Crippen LogP contribution in [0.1, 0.15) is 23.2 Å². The monoisotopic (exact) mass is 413 g/mol. The van der Waals surface area contributed by atoms with Crippen molar-refractivity contribution in [2.24, 2.45) is 0 Å². The molecule has 0 unspecified atom stereocenters. The quantitative estimate of drug-likeness (QED) is 0.410. The van der Waals surface area contributed by atoms with Gasteiger partial charge in [0.1, 0.15) is 22.1 Å². The molecule has 1 amide bonds. The van der Waals surface area contributed by atoms with Gasteiger partial charge in [0.25, 0.3) is 0 Å². The van der Waals surface area contributed by atoms with E-state index in [0.29, 0.717) is 29.2 Å². The molecule has 0 aliphatic heterocycles. The first-order chi connectivity index (χ1) is 14.1. The number of methoxy groups -OCH3 is 1. The number of amides is 1. The number of rotatable bonds is 8. The molecule has 0 spiro atoms. The number of para-hydroxylation sites is 1. The Balaban J connectivity index is 1.64. The van der Waals surface area contributed by atoms with Crippen molar-refractivity contribution in [2.45, 2.75) is 12.8 Å². The fourth-order valence-electron chi connectivity index (χ4n) is 2.73. The maximum absolute atomic E-state index is 13.2. The molecule has 0 saturated carbocycles. The van der Waals surface area contributed by atoms with Gasteiger partial charge in [0.2, 0.25) is 5.91 Å². The summed E-state index contributed by atoms with van der Waals surface area (Å²) in [6, 6.07) is 15.2. The summed E-state index contributed by atoms with van der Waals surface area (Å²) in [5, 5.41) is 4.93. The number of anilines is 1. The first-order valence-electron chi connectivity index (χ1n) is 9.02. The van der Waals surface area contributed by atoms with Gasteiger partial charge in [0.15, 0.2) is 0 Å². The van der Waals surface area contributed by atoms with Gasteiger partial charge in [-0.15, -0.1) is 11.3 Å². The number of hydrogen-bond acceptors (Lipinski definition) is 5. The normalized spacial score (nSPS) is 10.4. The first kappa shape index (κ1) is 20.5. The van der Waals surface area contributed by atoms with Gasteiger partial charge in [0.05, 0.1) is 13.7 Å². The minimum Gasteiger partial charge on any atom is -0.494 e. The highest BCUT2D eigenvalue weighted by Gasteiger charge is 2.22. The molecule has 29 heavy (non-hydrogen) atoms. The predicted molar refractivity (Wildman–Crippen MR) is 111 cm³/mol. The van der Waals surface area contributed by atoms with Gasteiger partial charge in [-0.1, -0.05) is 30.3 Å². The molecule has 3 rings (SSSR count). The predicted octanol–water partition coefficient (Wildman–Crippen LogP) is 5.14. The van der Waals surface area contributed by atoms with Crippen LogP contribution < -0.4 is 10.1 Å². The van der Waals surface area contributed by atoms with E-state index in [9.17, 15) is 14.0 Å². The zero-order valence-corrected chi connectivity index (χ0v) is 16.6. The van der Waals surface area contributed by atoms with Gasteiger partial charge in [-0.3, -0.25) is 4.79 Å². The number of nitrogens with one attached hydrogen (secondary N) is 1. The Morgan fingerprint density at radius 3 is 2.48 bits per heavy atom. The number of ether oxygens (including phenoxy) is 2. The summed E-state index contributed by atoms with van der Waals surface area (Å²) >= 11 is 1.23. The summed E-state index contributed by atoms with van der Waals surface area (Å²) in [7, 11) is 1.28. The Kier molecular flexibility index (Phi) is 6.97. The SMILES string of the molecule is COC(=O)c1c(-c2ccc(F)cc2)csc1NC(=O)CCCOc1ccccc1. The minimum atomic E-state index is -0.562. The number of benzene rings is 2. The number of halogens is 1. The highest BCUT2D eigenvalue weighted by Crippen LogP contribution is 2.36. The highest BCUT2D eigenvalue weighted by molar-refractivity contribution is 7.15. The molecule has 0 aliphatic carbocycles. The van der Waals surface area contributed by atoms with Crippen LogP contribution in [0.5, 0.6) is 5.75 Å². The summed E-state index contributed by atoms with van der Waals surface area (Å²) in [6.07, 6.45) is 0.779. The Morgan fingerprint density at radius 1 is 1.07 bits per heavy atom. The highest BCUT2D eigenvalue weighted by atomic mass is 32.1. The molecule has 0 atom stereocenters. The molecule has 0 aliphatic rings. The number of carbonyl (C=O) groups excluding carboxylic acids is 2. The number of hydrogen-bond donors (Lipinski definition) is 1. The van der Waals surface area contributed by atoms with Crippen molar-refractivity contribution in [3.8, 4) is 16.9 Å².